The Morgan fingerprint density at radius 3 is 2.87 bits per heavy atom. The first-order chi connectivity index (χ1) is 7.20. The average molecular weight is 209 g/mol. The molecule has 5 N–H and O–H groups in total. The number of aliphatic hydroxyl groups excluding tert-OH is 2. The van der Waals surface area contributed by atoms with Gasteiger partial charge in [0.15, 0.2) is 0 Å². The highest BCUT2D eigenvalue weighted by Gasteiger charge is 2.32. The highest BCUT2D eigenvalue weighted by atomic mass is 16.3. The fourth-order valence-corrected chi connectivity index (χ4v) is 1.87. The van der Waals surface area contributed by atoms with Crippen molar-refractivity contribution in [1.82, 2.24) is 10.3 Å². The van der Waals surface area contributed by atoms with Crippen molar-refractivity contribution in [2.75, 3.05) is 12.3 Å². The van der Waals surface area contributed by atoms with Crippen LogP contribution in [0, 0.1) is 0 Å². The number of nitrogens with one attached hydrogen (secondary N) is 1. The third-order valence-electron chi connectivity index (χ3n) is 2.77. The smallest absolute Gasteiger partial charge is 0.123 e. The maximum atomic E-state index is 9.61. The fraction of sp³-hybridized carbons (Fsp3) is 0.500. The number of aromatic nitrogens is 1. The Morgan fingerprint density at radius 1 is 1.53 bits per heavy atom. The maximum Gasteiger partial charge on any atom is 0.123 e. The zero-order valence-electron chi connectivity index (χ0n) is 8.30. The Balaban J connectivity index is 2.10. The van der Waals surface area contributed by atoms with Gasteiger partial charge >= 0.3 is 0 Å². The van der Waals surface area contributed by atoms with Crippen molar-refractivity contribution in [3.05, 3.63) is 23.9 Å². The molecule has 15 heavy (non-hydrogen) atoms. The zero-order chi connectivity index (χ0) is 10.8. The average Bonchev–Trinajstić information content (AvgIpc) is 2.61. The normalized spacial score (nSPS) is 30.7. The second kappa shape index (κ2) is 4.14. The summed E-state index contributed by atoms with van der Waals surface area (Å²) in [6.07, 6.45) is 1.79. The standard InChI is InChI=1S/C10H15N3O2/c11-10-2-1-6(4-12-10)7-3-9(15)8(5-14)13-7/h1-2,4,7-9,13-15H,3,5H2,(H2,11,12)/t7-,8-,9+/m1/s1. The lowest BCUT2D eigenvalue weighted by Gasteiger charge is -2.12. The lowest BCUT2D eigenvalue weighted by atomic mass is 10.1. The minimum absolute atomic E-state index is 0.0465. The number of nitrogen functional groups attached to an aromatic ring is 1. The van der Waals surface area contributed by atoms with Crippen molar-refractivity contribution < 1.29 is 10.2 Å². The monoisotopic (exact) mass is 209 g/mol. The molecular formula is C10H15N3O2. The molecule has 0 aliphatic carbocycles. The topological polar surface area (TPSA) is 91.4 Å². The van der Waals surface area contributed by atoms with Crippen LogP contribution in [0.4, 0.5) is 5.82 Å². The Bertz CT molecular complexity index is 328. The molecule has 0 bridgehead atoms. The lowest BCUT2D eigenvalue weighted by molar-refractivity contribution is 0.121. The predicted octanol–water partition coefficient (Wildman–Crippen LogP) is -0.580. The zero-order valence-corrected chi connectivity index (χ0v) is 8.30. The molecule has 2 rings (SSSR count). The minimum atomic E-state index is -0.502. The van der Waals surface area contributed by atoms with E-state index in [4.69, 9.17) is 10.8 Å². The highest BCUT2D eigenvalue weighted by Crippen LogP contribution is 2.26. The van der Waals surface area contributed by atoms with Crippen molar-refractivity contribution >= 4 is 5.82 Å². The molecule has 1 fully saturated rings. The van der Waals surface area contributed by atoms with Crippen LogP contribution in [-0.4, -0.2) is 33.9 Å². The first kappa shape index (κ1) is 10.4. The summed E-state index contributed by atoms with van der Waals surface area (Å²) < 4.78 is 0. The van der Waals surface area contributed by atoms with Gasteiger partial charge in [0.05, 0.1) is 18.8 Å². The van der Waals surface area contributed by atoms with Crippen LogP contribution >= 0.6 is 0 Å². The number of anilines is 1. The van der Waals surface area contributed by atoms with Gasteiger partial charge in [0, 0.05) is 12.2 Å². The molecule has 0 unspecified atom stereocenters. The van der Waals surface area contributed by atoms with Gasteiger partial charge in [-0.15, -0.1) is 0 Å². The number of nitrogens with two attached hydrogens (primary N) is 1. The first-order valence-corrected chi connectivity index (χ1v) is 4.97. The largest absolute Gasteiger partial charge is 0.395 e. The minimum Gasteiger partial charge on any atom is -0.395 e. The number of aliphatic hydroxyl groups is 2. The van der Waals surface area contributed by atoms with Crippen molar-refractivity contribution in [2.45, 2.75) is 24.6 Å². The third-order valence-corrected chi connectivity index (χ3v) is 2.77. The molecule has 1 aliphatic rings. The molecule has 0 radical (unpaired) electrons. The Labute approximate surface area is 87.9 Å². The summed E-state index contributed by atoms with van der Waals surface area (Å²) >= 11 is 0. The van der Waals surface area contributed by atoms with E-state index >= 15 is 0 Å². The number of nitrogens with zero attached hydrogens (tertiary/aromatic N) is 1. The van der Waals surface area contributed by atoms with Crippen LogP contribution < -0.4 is 11.1 Å². The van der Waals surface area contributed by atoms with E-state index < -0.39 is 6.10 Å². The fourth-order valence-electron chi connectivity index (χ4n) is 1.87. The molecule has 0 spiro atoms. The van der Waals surface area contributed by atoms with Crippen molar-refractivity contribution in [3.8, 4) is 0 Å². The van der Waals surface area contributed by atoms with Crippen molar-refractivity contribution in [3.63, 3.8) is 0 Å². The number of rotatable bonds is 2. The molecule has 1 aromatic rings. The first-order valence-electron chi connectivity index (χ1n) is 4.97. The molecular weight excluding hydrogens is 194 g/mol. The van der Waals surface area contributed by atoms with Gasteiger partial charge in [-0.2, -0.15) is 0 Å². The Morgan fingerprint density at radius 2 is 2.33 bits per heavy atom. The van der Waals surface area contributed by atoms with E-state index in [1.54, 1.807) is 12.3 Å². The summed E-state index contributed by atoms with van der Waals surface area (Å²) in [5.41, 5.74) is 6.47. The van der Waals surface area contributed by atoms with E-state index in [9.17, 15) is 5.11 Å². The number of hydrogen-bond donors (Lipinski definition) is 4. The van der Waals surface area contributed by atoms with Crippen molar-refractivity contribution in [1.29, 1.82) is 0 Å². The summed E-state index contributed by atoms with van der Waals surface area (Å²) in [4.78, 5) is 3.99. The lowest BCUT2D eigenvalue weighted by Crippen LogP contribution is -2.34. The van der Waals surface area contributed by atoms with Crippen LogP contribution in [-0.2, 0) is 0 Å². The summed E-state index contributed by atoms with van der Waals surface area (Å²) in [7, 11) is 0. The summed E-state index contributed by atoms with van der Waals surface area (Å²) in [5, 5.41) is 21.7. The number of pyridine rings is 1. The van der Waals surface area contributed by atoms with E-state index in [1.807, 2.05) is 6.07 Å². The van der Waals surface area contributed by atoms with E-state index in [-0.39, 0.29) is 18.7 Å². The van der Waals surface area contributed by atoms with Gasteiger partial charge in [0.2, 0.25) is 0 Å². The molecule has 5 nitrogen and oxygen atoms in total. The Kier molecular flexibility index (Phi) is 2.86. The Hall–Kier alpha value is -1.17. The van der Waals surface area contributed by atoms with Gasteiger partial charge in [-0.25, -0.2) is 4.98 Å². The molecule has 3 atom stereocenters. The molecule has 82 valence electrons. The molecule has 0 saturated carbocycles. The second-order valence-electron chi connectivity index (χ2n) is 3.83. The predicted molar refractivity (Wildman–Crippen MR) is 56.0 cm³/mol. The SMILES string of the molecule is Nc1ccc([C@H]2C[C@H](O)[C@@H](CO)N2)cn1. The van der Waals surface area contributed by atoms with E-state index in [0.29, 0.717) is 12.2 Å². The molecule has 5 heteroatoms. The van der Waals surface area contributed by atoms with Crippen LogP contribution in [0.2, 0.25) is 0 Å². The molecule has 1 saturated heterocycles. The molecule has 1 aromatic heterocycles. The van der Waals surface area contributed by atoms with Crippen LogP contribution in [0.3, 0.4) is 0 Å². The summed E-state index contributed by atoms with van der Waals surface area (Å²) in [6.45, 7) is -0.0555. The van der Waals surface area contributed by atoms with Gasteiger partial charge in [-0.05, 0) is 18.1 Å². The van der Waals surface area contributed by atoms with Gasteiger partial charge < -0.3 is 21.3 Å². The van der Waals surface area contributed by atoms with Crippen LogP contribution in [0.1, 0.15) is 18.0 Å². The van der Waals surface area contributed by atoms with Gasteiger partial charge in [-0.3, -0.25) is 0 Å². The molecule has 1 aliphatic heterocycles. The molecule has 2 heterocycles. The molecule has 0 amide bonds. The van der Waals surface area contributed by atoms with E-state index in [1.165, 1.54) is 0 Å². The van der Waals surface area contributed by atoms with E-state index in [2.05, 4.69) is 10.3 Å². The van der Waals surface area contributed by atoms with Crippen LogP contribution in [0.25, 0.3) is 0 Å². The van der Waals surface area contributed by atoms with Crippen LogP contribution in [0.5, 0.6) is 0 Å². The maximum absolute atomic E-state index is 9.61. The summed E-state index contributed by atoms with van der Waals surface area (Å²) in [5.74, 6) is 0.482. The van der Waals surface area contributed by atoms with Gasteiger partial charge in [0.25, 0.3) is 0 Å². The third kappa shape index (κ3) is 2.09. The van der Waals surface area contributed by atoms with Gasteiger partial charge in [0.1, 0.15) is 5.82 Å². The van der Waals surface area contributed by atoms with Gasteiger partial charge in [-0.1, -0.05) is 6.07 Å². The van der Waals surface area contributed by atoms with Crippen molar-refractivity contribution in [2.24, 2.45) is 0 Å². The van der Waals surface area contributed by atoms with Crippen LogP contribution in [0.15, 0.2) is 18.3 Å². The highest BCUT2D eigenvalue weighted by molar-refractivity contribution is 5.31. The second-order valence-corrected chi connectivity index (χ2v) is 3.83. The van der Waals surface area contributed by atoms with E-state index in [0.717, 1.165) is 5.56 Å². The number of hydrogen-bond acceptors (Lipinski definition) is 5. The molecule has 0 aromatic carbocycles. The summed E-state index contributed by atoms with van der Waals surface area (Å²) in [6, 6.07) is 3.42. The quantitative estimate of drug-likeness (QED) is 0.523.